The zero-order valence-electron chi connectivity index (χ0n) is 6.91. The molecule has 0 radical (unpaired) electrons. The molecule has 0 bridgehead atoms. The van der Waals surface area contributed by atoms with E-state index in [1.165, 1.54) is 0 Å². The van der Waals surface area contributed by atoms with Gasteiger partial charge in [-0.05, 0) is 25.3 Å². The lowest BCUT2D eigenvalue weighted by Crippen LogP contribution is -2.04. The Kier molecular flexibility index (Phi) is 2.32. The van der Waals surface area contributed by atoms with E-state index in [9.17, 15) is 0 Å². The molecule has 0 amide bonds. The van der Waals surface area contributed by atoms with Crippen molar-refractivity contribution in [2.24, 2.45) is 0 Å². The highest BCUT2D eigenvalue weighted by molar-refractivity contribution is 5.21. The molecule has 0 aromatic carbocycles. The Balaban J connectivity index is 2.82. The van der Waals surface area contributed by atoms with Crippen molar-refractivity contribution in [3.05, 3.63) is 18.0 Å². The lowest BCUT2D eigenvalue weighted by Gasteiger charge is -2.07. The fourth-order valence-electron chi connectivity index (χ4n) is 0.848. The Bertz CT molecular complexity index is 267. The molecular weight excluding hydrogens is 136 g/mol. The van der Waals surface area contributed by atoms with Crippen molar-refractivity contribution < 1.29 is 0 Å². The van der Waals surface area contributed by atoms with Crippen molar-refractivity contribution in [1.82, 2.24) is 9.78 Å². The third kappa shape index (κ3) is 1.62. The summed E-state index contributed by atoms with van der Waals surface area (Å²) in [7, 11) is 0. The monoisotopic (exact) mass is 148 g/mol. The van der Waals surface area contributed by atoms with Crippen LogP contribution in [0.15, 0.2) is 12.3 Å². The second-order valence-corrected chi connectivity index (χ2v) is 2.58. The highest BCUT2D eigenvalue weighted by Crippen LogP contribution is 2.08. The molecule has 1 rings (SSSR count). The smallest absolute Gasteiger partial charge is 0.134 e. The van der Waals surface area contributed by atoms with Gasteiger partial charge in [0.25, 0.3) is 0 Å². The Morgan fingerprint density at radius 3 is 3.00 bits per heavy atom. The molecule has 1 unspecified atom stereocenters. The van der Waals surface area contributed by atoms with Crippen LogP contribution in [0.5, 0.6) is 0 Å². The van der Waals surface area contributed by atoms with Gasteiger partial charge in [-0.15, -0.1) is 6.42 Å². The lowest BCUT2D eigenvalue weighted by atomic mass is 10.3. The van der Waals surface area contributed by atoms with Crippen molar-refractivity contribution in [3.8, 4) is 12.3 Å². The summed E-state index contributed by atoms with van der Waals surface area (Å²) in [5, 5.41) is 4.18. The topological polar surface area (TPSA) is 17.8 Å². The fourth-order valence-corrected chi connectivity index (χ4v) is 0.848. The van der Waals surface area contributed by atoms with Crippen molar-refractivity contribution in [1.29, 1.82) is 0 Å². The van der Waals surface area contributed by atoms with E-state index in [1.54, 1.807) is 0 Å². The van der Waals surface area contributed by atoms with Crippen molar-refractivity contribution in [2.75, 3.05) is 0 Å². The molecule has 1 aromatic rings. The summed E-state index contributed by atoms with van der Waals surface area (Å²) >= 11 is 0. The predicted molar refractivity (Wildman–Crippen MR) is 45.2 cm³/mol. The van der Waals surface area contributed by atoms with Gasteiger partial charge in [0.1, 0.15) is 5.69 Å². The SMILES string of the molecule is C#Cc1ccn(C(C)CC)n1. The first kappa shape index (κ1) is 7.87. The Morgan fingerprint density at radius 2 is 2.55 bits per heavy atom. The van der Waals surface area contributed by atoms with E-state index < -0.39 is 0 Å². The molecule has 58 valence electrons. The highest BCUT2D eigenvalue weighted by Gasteiger charge is 2.01. The summed E-state index contributed by atoms with van der Waals surface area (Å²) in [4.78, 5) is 0. The van der Waals surface area contributed by atoms with Gasteiger partial charge in [0.05, 0.1) is 0 Å². The Morgan fingerprint density at radius 1 is 1.82 bits per heavy atom. The van der Waals surface area contributed by atoms with E-state index in [-0.39, 0.29) is 0 Å². The zero-order valence-corrected chi connectivity index (χ0v) is 6.91. The minimum Gasteiger partial charge on any atom is -0.269 e. The largest absolute Gasteiger partial charge is 0.269 e. The van der Waals surface area contributed by atoms with Crippen LogP contribution in [0.25, 0.3) is 0 Å². The summed E-state index contributed by atoms with van der Waals surface area (Å²) in [6.45, 7) is 4.25. The van der Waals surface area contributed by atoms with Gasteiger partial charge < -0.3 is 0 Å². The second kappa shape index (κ2) is 3.25. The molecule has 0 N–H and O–H groups in total. The van der Waals surface area contributed by atoms with Crippen LogP contribution < -0.4 is 0 Å². The number of rotatable bonds is 2. The van der Waals surface area contributed by atoms with Gasteiger partial charge in [0.15, 0.2) is 0 Å². The van der Waals surface area contributed by atoms with Crippen molar-refractivity contribution >= 4 is 0 Å². The normalized spacial score (nSPS) is 12.5. The second-order valence-electron chi connectivity index (χ2n) is 2.58. The lowest BCUT2D eigenvalue weighted by molar-refractivity contribution is 0.477. The van der Waals surface area contributed by atoms with Crippen LogP contribution in [0, 0.1) is 12.3 Å². The summed E-state index contributed by atoms with van der Waals surface area (Å²) < 4.78 is 1.90. The molecule has 1 heterocycles. The first-order valence-electron chi connectivity index (χ1n) is 3.79. The van der Waals surface area contributed by atoms with Crippen LogP contribution in [-0.4, -0.2) is 9.78 Å². The predicted octanol–water partition coefficient (Wildman–Crippen LogP) is 1.84. The maximum Gasteiger partial charge on any atom is 0.134 e. The van der Waals surface area contributed by atoms with Crippen LogP contribution in [-0.2, 0) is 0 Å². The van der Waals surface area contributed by atoms with Crippen LogP contribution in [0.1, 0.15) is 32.0 Å². The number of terminal acetylenes is 1. The third-order valence-electron chi connectivity index (χ3n) is 1.80. The summed E-state index contributed by atoms with van der Waals surface area (Å²) in [6.07, 6.45) is 8.17. The fraction of sp³-hybridized carbons (Fsp3) is 0.444. The Hall–Kier alpha value is -1.23. The standard InChI is InChI=1S/C9H12N2/c1-4-8(3)11-7-6-9(5-2)10-11/h2,6-8H,4H2,1,3H3. The van der Waals surface area contributed by atoms with Crippen molar-refractivity contribution in [3.63, 3.8) is 0 Å². The average Bonchev–Trinajstić information content (AvgIpc) is 2.50. The van der Waals surface area contributed by atoms with Crippen LogP contribution in [0.3, 0.4) is 0 Å². The molecule has 1 aromatic heterocycles. The van der Waals surface area contributed by atoms with E-state index >= 15 is 0 Å². The molecule has 0 aliphatic carbocycles. The van der Waals surface area contributed by atoms with Gasteiger partial charge in [0.2, 0.25) is 0 Å². The van der Waals surface area contributed by atoms with Gasteiger partial charge in [-0.2, -0.15) is 5.10 Å². The minimum atomic E-state index is 0.442. The molecule has 2 heteroatoms. The Labute approximate surface area is 67.2 Å². The molecule has 0 fully saturated rings. The number of hydrogen-bond donors (Lipinski definition) is 0. The number of nitrogens with zero attached hydrogens (tertiary/aromatic N) is 2. The van der Waals surface area contributed by atoms with E-state index in [0.717, 1.165) is 6.42 Å². The summed E-state index contributed by atoms with van der Waals surface area (Å²) in [5.74, 6) is 2.49. The van der Waals surface area contributed by atoms with Crippen LogP contribution >= 0.6 is 0 Å². The van der Waals surface area contributed by atoms with Crippen molar-refractivity contribution in [2.45, 2.75) is 26.3 Å². The maximum atomic E-state index is 5.18. The average molecular weight is 148 g/mol. The van der Waals surface area contributed by atoms with Gasteiger partial charge in [-0.25, -0.2) is 0 Å². The number of aromatic nitrogens is 2. The molecule has 0 spiro atoms. The van der Waals surface area contributed by atoms with E-state index in [1.807, 2.05) is 16.9 Å². The molecule has 2 nitrogen and oxygen atoms in total. The molecular formula is C9H12N2. The van der Waals surface area contributed by atoms with Gasteiger partial charge >= 0.3 is 0 Å². The van der Waals surface area contributed by atoms with Crippen LogP contribution in [0.4, 0.5) is 0 Å². The van der Waals surface area contributed by atoms with E-state index in [0.29, 0.717) is 11.7 Å². The molecule has 0 aliphatic heterocycles. The number of hydrogen-bond acceptors (Lipinski definition) is 1. The first-order chi connectivity index (χ1) is 5.27. The quantitative estimate of drug-likeness (QED) is 0.585. The van der Waals surface area contributed by atoms with Gasteiger partial charge in [-0.1, -0.05) is 6.92 Å². The zero-order chi connectivity index (χ0) is 8.27. The first-order valence-corrected chi connectivity index (χ1v) is 3.79. The molecule has 0 saturated heterocycles. The summed E-state index contributed by atoms with van der Waals surface area (Å²) in [5.41, 5.74) is 0.713. The molecule has 11 heavy (non-hydrogen) atoms. The third-order valence-corrected chi connectivity index (χ3v) is 1.80. The van der Waals surface area contributed by atoms with E-state index in [4.69, 9.17) is 6.42 Å². The minimum absolute atomic E-state index is 0.442. The van der Waals surface area contributed by atoms with Gasteiger partial charge in [0, 0.05) is 12.2 Å². The van der Waals surface area contributed by atoms with Crippen LogP contribution in [0.2, 0.25) is 0 Å². The molecule has 0 saturated carbocycles. The maximum absolute atomic E-state index is 5.18. The highest BCUT2D eigenvalue weighted by atomic mass is 15.3. The molecule has 0 aliphatic rings. The summed E-state index contributed by atoms with van der Waals surface area (Å²) in [6, 6.07) is 2.30. The van der Waals surface area contributed by atoms with E-state index in [2.05, 4.69) is 24.9 Å². The molecule has 1 atom stereocenters. The van der Waals surface area contributed by atoms with Gasteiger partial charge in [-0.3, -0.25) is 4.68 Å².